The van der Waals surface area contributed by atoms with E-state index in [-0.39, 0.29) is 12.0 Å². The molecule has 2 aromatic carbocycles. The van der Waals surface area contributed by atoms with Crippen LogP contribution in [0.4, 0.5) is 23.0 Å². The molecule has 0 bridgehead atoms. The van der Waals surface area contributed by atoms with Crippen LogP contribution in [0.5, 0.6) is 5.88 Å². The number of carbonyl (C=O) groups excluding carboxylic acids is 1. The number of benzene rings is 2. The van der Waals surface area contributed by atoms with Crippen molar-refractivity contribution in [2.45, 2.75) is 130 Å². The summed E-state index contributed by atoms with van der Waals surface area (Å²) >= 11 is 0. The molecular weight excluding hydrogens is 861 g/mol. The third-order valence-corrected chi connectivity index (χ3v) is 16.4. The summed E-state index contributed by atoms with van der Waals surface area (Å²) in [5, 5.41) is 26.3. The van der Waals surface area contributed by atoms with Crippen LogP contribution in [0.15, 0.2) is 55.0 Å². The Balaban J connectivity index is 0.000000169. The van der Waals surface area contributed by atoms with E-state index < -0.39 is 0 Å². The molecule has 5 aromatic rings. The smallest absolute Gasteiger partial charge is 0.233 e. The third kappa shape index (κ3) is 10.2. The van der Waals surface area contributed by atoms with Crippen molar-refractivity contribution in [2.75, 3.05) is 67.1 Å². The Morgan fingerprint density at radius 3 is 2.43 bits per heavy atom. The lowest BCUT2D eigenvalue weighted by Gasteiger charge is -2.39. The van der Waals surface area contributed by atoms with Gasteiger partial charge in [0, 0.05) is 119 Å². The van der Waals surface area contributed by atoms with Crippen molar-refractivity contribution < 1.29 is 9.53 Å². The van der Waals surface area contributed by atoms with Gasteiger partial charge in [-0.25, -0.2) is 4.98 Å². The quantitative estimate of drug-likeness (QED) is 0.160. The van der Waals surface area contributed by atoms with Crippen molar-refractivity contribution >= 4 is 28.9 Å². The van der Waals surface area contributed by atoms with Crippen LogP contribution in [0.2, 0.25) is 0 Å². The highest BCUT2D eigenvalue weighted by Crippen LogP contribution is 2.46. The zero-order valence-electron chi connectivity index (χ0n) is 41.7. The second-order valence-corrected chi connectivity index (χ2v) is 21.3. The van der Waals surface area contributed by atoms with Crippen LogP contribution in [0.1, 0.15) is 118 Å². The number of hydrogen-bond donors (Lipinski definition) is 1. The minimum Gasteiger partial charge on any atom is -0.473 e. The molecule has 1 atom stereocenters. The molecule has 4 fully saturated rings. The van der Waals surface area contributed by atoms with Crippen molar-refractivity contribution in [3.63, 3.8) is 0 Å². The van der Waals surface area contributed by atoms with Crippen molar-refractivity contribution in [1.29, 1.82) is 5.26 Å². The number of aromatic amines is 1. The van der Waals surface area contributed by atoms with E-state index in [1.807, 2.05) is 41.9 Å². The van der Waals surface area contributed by atoms with Crippen molar-refractivity contribution in [2.24, 2.45) is 18.4 Å². The molecule has 11 rings (SSSR count). The van der Waals surface area contributed by atoms with Gasteiger partial charge in [0.2, 0.25) is 11.8 Å². The number of fused-ring (bicyclic) bond motifs is 2. The van der Waals surface area contributed by atoms with Crippen LogP contribution in [0.25, 0.3) is 11.3 Å². The van der Waals surface area contributed by atoms with Crippen LogP contribution in [-0.4, -0.2) is 110 Å². The summed E-state index contributed by atoms with van der Waals surface area (Å²) in [6.07, 6.45) is 20.0. The number of likely N-dealkylation sites (tertiary alicyclic amines) is 1. The summed E-state index contributed by atoms with van der Waals surface area (Å²) in [5.74, 6) is 3.64. The van der Waals surface area contributed by atoms with E-state index in [9.17, 15) is 10.1 Å². The number of hydrogen-bond acceptors (Lipinski definition) is 11. The summed E-state index contributed by atoms with van der Waals surface area (Å²) in [5.41, 5.74) is 11.7. The molecule has 69 heavy (non-hydrogen) atoms. The van der Waals surface area contributed by atoms with Crippen molar-refractivity contribution in [3.05, 3.63) is 88.5 Å². The number of nitriles is 1. The molecule has 1 N–H and O–H groups in total. The topological polar surface area (TPSA) is 139 Å². The van der Waals surface area contributed by atoms with Crippen LogP contribution >= 0.6 is 0 Å². The van der Waals surface area contributed by atoms with Gasteiger partial charge in [0.15, 0.2) is 11.6 Å². The van der Waals surface area contributed by atoms with Gasteiger partial charge in [0.05, 0.1) is 30.2 Å². The molecule has 364 valence electrons. The zero-order chi connectivity index (χ0) is 47.6. The van der Waals surface area contributed by atoms with Gasteiger partial charge in [0.1, 0.15) is 6.10 Å². The summed E-state index contributed by atoms with van der Waals surface area (Å²) in [6, 6.07) is 17.8. The normalized spacial score (nSPS) is 20.8. The first kappa shape index (κ1) is 46.8. The number of aryl methyl sites for hydroxylation is 4. The fraction of sp³-hybridized carbons (Fsp3) is 0.564. The molecule has 1 saturated carbocycles. The predicted molar refractivity (Wildman–Crippen MR) is 272 cm³/mol. The SMILES string of the molecule is CC(=O)N1CCc2[nH]nc(N3CCCc4cc(-c5cn(C)cn5)c(C)cc43)c2C1.Cc1cc(N2CC3(CCN(c4ccc(OC5CCN(CC6CCCCC6)CC5)nn4)CC3)C[C@@H]2C)ccc1C#N. The minimum atomic E-state index is 0.123. The average molecular weight is 933 g/mol. The van der Waals surface area contributed by atoms with Gasteiger partial charge in [-0.1, -0.05) is 19.3 Å². The number of ether oxygens (including phenoxy) is 1. The van der Waals surface area contributed by atoms with Gasteiger partial charge < -0.3 is 33.8 Å². The van der Waals surface area contributed by atoms with Crippen LogP contribution in [0.3, 0.4) is 0 Å². The average Bonchev–Trinajstić information content (AvgIpc) is 4.09. The number of anilines is 4. The maximum absolute atomic E-state index is 11.9. The molecule has 3 saturated heterocycles. The summed E-state index contributed by atoms with van der Waals surface area (Å²) in [7, 11) is 2.00. The number of nitrogens with zero attached hydrogens (tertiary/aromatic N) is 11. The van der Waals surface area contributed by atoms with Gasteiger partial charge in [-0.15, -0.1) is 10.2 Å². The fourth-order valence-corrected chi connectivity index (χ4v) is 12.4. The number of piperidine rings is 2. The Kier molecular flexibility index (Phi) is 13.7. The molecule has 0 radical (unpaired) electrons. The first-order chi connectivity index (χ1) is 33.5. The number of imidazole rings is 1. The second kappa shape index (κ2) is 20.2. The highest BCUT2D eigenvalue weighted by atomic mass is 16.5. The van der Waals surface area contributed by atoms with Gasteiger partial charge in [0.25, 0.3) is 0 Å². The maximum atomic E-state index is 11.9. The lowest BCUT2D eigenvalue weighted by molar-refractivity contribution is -0.129. The molecule has 0 unspecified atom stereocenters. The number of nitrogens with one attached hydrogen (secondary N) is 1. The first-order valence-electron chi connectivity index (χ1n) is 26.0. The number of carbonyl (C=O) groups is 1. The summed E-state index contributed by atoms with van der Waals surface area (Å²) in [6.45, 7) is 17.2. The second-order valence-electron chi connectivity index (χ2n) is 21.3. The van der Waals surface area contributed by atoms with Crippen molar-refractivity contribution in [3.8, 4) is 23.2 Å². The Bertz CT molecular complexity index is 2630. The molecule has 14 heteroatoms. The largest absolute Gasteiger partial charge is 0.473 e. The summed E-state index contributed by atoms with van der Waals surface area (Å²) in [4.78, 5) is 28.3. The van der Waals surface area contributed by atoms with Crippen LogP contribution in [-0.2, 0) is 31.2 Å². The third-order valence-electron chi connectivity index (χ3n) is 16.4. The molecule has 8 heterocycles. The first-order valence-corrected chi connectivity index (χ1v) is 26.0. The zero-order valence-corrected chi connectivity index (χ0v) is 41.7. The van der Waals surface area contributed by atoms with E-state index >= 15 is 0 Å². The van der Waals surface area contributed by atoms with E-state index in [4.69, 9.17) is 4.74 Å². The van der Waals surface area contributed by atoms with Gasteiger partial charge >= 0.3 is 0 Å². The molecule has 1 amide bonds. The van der Waals surface area contributed by atoms with Gasteiger partial charge in [-0.2, -0.15) is 10.4 Å². The standard InChI is InChI=1S/C33H46N6O.C22H26N6O/c1-25-20-29(9-8-28(25)22-34)39-24-33(21-26(39)2)14-18-38(19-15-33)31-10-11-32(36-35-31)40-30-12-16-37(17-13-30)23-27-6-4-3-5-7-27;1-14-9-21-16(10-17(14)20-12-26(3)13-23-20)5-4-7-28(21)22-18-11-27(15(2)29)8-6-19(18)24-25-22/h8-11,20,26-27,30H,3-7,12-19,21,23-24H2,1-2H3;9-10,12-13H,4-8,11H2,1-3H3,(H,24,25)/t26-;/m0./s1. The molecule has 6 aliphatic rings. The van der Waals surface area contributed by atoms with Gasteiger partial charge in [-0.05, 0) is 143 Å². The molecule has 5 aliphatic heterocycles. The predicted octanol–water partition coefficient (Wildman–Crippen LogP) is 9.07. The van der Waals surface area contributed by atoms with Crippen molar-refractivity contribution in [1.82, 2.24) is 39.7 Å². The monoisotopic (exact) mass is 933 g/mol. The molecule has 14 nitrogen and oxygen atoms in total. The molecule has 1 aliphatic carbocycles. The lowest BCUT2D eigenvalue weighted by Crippen LogP contribution is -2.42. The Hall–Kier alpha value is -5.94. The Morgan fingerprint density at radius 2 is 1.72 bits per heavy atom. The van der Waals surface area contributed by atoms with Gasteiger partial charge in [-0.3, -0.25) is 9.89 Å². The minimum absolute atomic E-state index is 0.123. The number of aromatic nitrogens is 6. The van der Waals surface area contributed by atoms with E-state index in [1.54, 1.807) is 6.92 Å². The van der Waals surface area contributed by atoms with E-state index in [1.165, 1.54) is 86.0 Å². The van der Waals surface area contributed by atoms with Crippen LogP contribution in [0, 0.1) is 36.5 Å². The number of rotatable bonds is 8. The highest BCUT2D eigenvalue weighted by molar-refractivity contribution is 5.77. The Morgan fingerprint density at radius 1 is 0.913 bits per heavy atom. The lowest BCUT2D eigenvalue weighted by atomic mass is 9.77. The molecular formula is C55H72N12O2. The van der Waals surface area contributed by atoms with E-state index in [0.29, 0.717) is 23.9 Å². The highest BCUT2D eigenvalue weighted by Gasteiger charge is 2.44. The molecule has 3 aromatic heterocycles. The molecule has 1 spiro atoms. The number of amides is 1. The number of H-pyrrole nitrogens is 1. The Labute approximate surface area is 409 Å². The fourth-order valence-electron chi connectivity index (χ4n) is 12.4. The maximum Gasteiger partial charge on any atom is 0.233 e. The van der Waals surface area contributed by atoms with E-state index in [2.05, 4.69) is 101 Å². The van der Waals surface area contributed by atoms with E-state index in [0.717, 1.165) is 124 Å². The summed E-state index contributed by atoms with van der Waals surface area (Å²) < 4.78 is 8.24. The van der Waals surface area contributed by atoms with Crippen LogP contribution < -0.4 is 19.4 Å².